The fourth-order valence-electron chi connectivity index (χ4n) is 3.49. The van der Waals surface area contributed by atoms with Crippen LogP contribution in [0.1, 0.15) is 37.7 Å². The number of para-hydroxylation sites is 1. The van der Waals surface area contributed by atoms with E-state index >= 15 is 0 Å². The zero-order valence-electron chi connectivity index (χ0n) is 13.1. The summed E-state index contributed by atoms with van der Waals surface area (Å²) in [6.45, 7) is 0.698. The number of H-pyrrole nitrogens is 1. The molecule has 1 aromatic carbocycles. The molecule has 0 saturated carbocycles. The number of aromatic amines is 1. The van der Waals surface area contributed by atoms with Crippen LogP contribution in [0.5, 0.6) is 0 Å². The Kier molecular flexibility index (Phi) is 4.65. The van der Waals surface area contributed by atoms with E-state index in [1.165, 1.54) is 10.9 Å². The second-order valence-electron chi connectivity index (χ2n) is 6.19. The number of benzene rings is 1. The maximum absolute atomic E-state index is 12.4. The molecular formula is C18H22N2O3. The first-order chi connectivity index (χ1) is 11.1. The lowest BCUT2D eigenvalue weighted by Gasteiger charge is -2.23. The lowest BCUT2D eigenvalue weighted by molar-refractivity contribution is -0.139. The molecule has 3 rings (SSSR count). The predicted molar refractivity (Wildman–Crippen MR) is 88.2 cm³/mol. The Morgan fingerprint density at radius 2 is 2.13 bits per heavy atom. The predicted octanol–water partition coefficient (Wildman–Crippen LogP) is 2.96. The van der Waals surface area contributed by atoms with Gasteiger partial charge in [-0.1, -0.05) is 18.2 Å². The Bertz CT molecular complexity index is 707. The van der Waals surface area contributed by atoms with E-state index < -0.39 is 5.97 Å². The van der Waals surface area contributed by atoms with E-state index in [1.807, 2.05) is 24.4 Å². The van der Waals surface area contributed by atoms with Gasteiger partial charge in [-0.05, 0) is 37.3 Å². The Morgan fingerprint density at radius 3 is 2.96 bits per heavy atom. The van der Waals surface area contributed by atoms with Crippen LogP contribution in [0.15, 0.2) is 30.5 Å². The summed E-state index contributed by atoms with van der Waals surface area (Å²) >= 11 is 0. The molecule has 122 valence electrons. The van der Waals surface area contributed by atoms with Crippen LogP contribution in [-0.4, -0.2) is 39.5 Å². The normalized spacial score (nSPS) is 17.7. The summed E-state index contributed by atoms with van der Waals surface area (Å²) in [5, 5.41) is 10.1. The van der Waals surface area contributed by atoms with Crippen LogP contribution in [0.25, 0.3) is 10.9 Å². The molecule has 1 saturated heterocycles. The van der Waals surface area contributed by atoms with Crippen LogP contribution in [0, 0.1) is 0 Å². The van der Waals surface area contributed by atoms with Crippen LogP contribution < -0.4 is 0 Å². The van der Waals surface area contributed by atoms with Gasteiger partial charge in [0, 0.05) is 36.1 Å². The minimum absolute atomic E-state index is 0.0637. The van der Waals surface area contributed by atoms with Gasteiger partial charge in [0.25, 0.3) is 0 Å². The van der Waals surface area contributed by atoms with Crippen molar-refractivity contribution >= 4 is 22.8 Å². The molecule has 5 heteroatoms. The van der Waals surface area contributed by atoms with Gasteiger partial charge in [-0.25, -0.2) is 0 Å². The van der Waals surface area contributed by atoms with Gasteiger partial charge >= 0.3 is 5.97 Å². The molecule has 1 aliphatic heterocycles. The molecule has 0 bridgehead atoms. The first-order valence-corrected chi connectivity index (χ1v) is 8.21. The number of likely N-dealkylation sites (tertiary alicyclic amines) is 1. The first-order valence-electron chi connectivity index (χ1n) is 8.21. The van der Waals surface area contributed by atoms with Crippen molar-refractivity contribution in [3.63, 3.8) is 0 Å². The topological polar surface area (TPSA) is 73.4 Å². The molecule has 2 N–H and O–H groups in total. The number of carbonyl (C=O) groups is 2. The van der Waals surface area contributed by atoms with Gasteiger partial charge < -0.3 is 15.0 Å². The van der Waals surface area contributed by atoms with E-state index in [2.05, 4.69) is 11.1 Å². The summed E-state index contributed by atoms with van der Waals surface area (Å²) in [5.74, 6) is -0.734. The molecule has 1 fully saturated rings. The quantitative estimate of drug-likeness (QED) is 0.861. The SMILES string of the molecule is O=C(O)CC1CCCN1C(=O)CCCc1c[nH]c2ccccc12. The van der Waals surface area contributed by atoms with Crippen LogP contribution >= 0.6 is 0 Å². The van der Waals surface area contributed by atoms with E-state index in [4.69, 9.17) is 5.11 Å². The average molecular weight is 314 g/mol. The highest BCUT2D eigenvalue weighted by atomic mass is 16.4. The van der Waals surface area contributed by atoms with Crippen molar-refractivity contribution in [2.24, 2.45) is 0 Å². The Morgan fingerprint density at radius 1 is 1.30 bits per heavy atom. The van der Waals surface area contributed by atoms with Gasteiger partial charge in [0.2, 0.25) is 5.91 Å². The number of nitrogens with zero attached hydrogens (tertiary/aromatic N) is 1. The van der Waals surface area contributed by atoms with Gasteiger partial charge in [-0.15, -0.1) is 0 Å². The number of nitrogens with one attached hydrogen (secondary N) is 1. The molecule has 5 nitrogen and oxygen atoms in total. The Balaban J connectivity index is 1.54. The molecule has 0 aliphatic carbocycles. The summed E-state index contributed by atoms with van der Waals surface area (Å²) in [6.07, 6.45) is 5.92. The lowest BCUT2D eigenvalue weighted by Crippen LogP contribution is -2.36. The minimum atomic E-state index is -0.825. The van der Waals surface area contributed by atoms with Crippen LogP contribution in [0.4, 0.5) is 0 Å². The Labute approximate surface area is 135 Å². The largest absolute Gasteiger partial charge is 0.481 e. The van der Waals surface area contributed by atoms with Gasteiger partial charge in [0.1, 0.15) is 0 Å². The maximum Gasteiger partial charge on any atom is 0.305 e. The number of aliphatic carboxylic acids is 1. The number of fused-ring (bicyclic) bond motifs is 1. The monoisotopic (exact) mass is 314 g/mol. The number of aromatic nitrogens is 1. The van der Waals surface area contributed by atoms with Crippen molar-refractivity contribution in [2.45, 2.75) is 44.6 Å². The average Bonchev–Trinajstić information content (AvgIpc) is 3.14. The summed E-state index contributed by atoms with van der Waals surface area (Å²) in [5.41, 5.74) is 2.35. The molecular weight excluding hydrogens is 292 g/mol. The highest BCUT2D eigenvalue weighted by molar-refractivity contribution is 5.83. The van der Waals surface area contributed by atoms with Crippen molar-refractivity contribution in [1.29, 1.82) is 0 Å². The highest BCUT2D eigenvalue weighted by Gasteiger charge is 2.29. The zero-order chi connectivity index (χ0) is 16.2. The van der Waals surface area contributed by atoms with Gasteiger partial charge in [0.15, 0.2) is 0 Å². The van der Waals surface area contributed by atoms with Crippen molar-refractivity contribution in [1.82, 2.24) is 9.88 Å². The summed E-state index contributed by atoms with van der Waals surface area (Å²) in [6, 6.07) is 8.04. The van der Waals surface area contributed by atoms with Crippen molar-refractivity contribution < 1.29 is 14.7 Å². The van der Waals surface area contributed by atoms with E-state index in [-0.39, 0.29) is 18.4 Å². The van der Waals surface area contributed by atoms with Crippen molar-refractivity contribution in [3.8, 4) is 0 Å². The molecule has 1 atom stereocenters. The number of aryl methyl sites for hydroxylation is 1. The number of hydrogen-bond acceptors (Lipinski definition) is 2. The van der Waals surface area contributed by atoms with Gasteiger partial charge in [-0.3, -0.25) is 9.59 Å². The van der Waals surface area contributed by atoms with E-state index in [1.54, 1.807) is 4.90 Å². The van der Waals surface area contributed by atoms with E-state index in [0.29, 0.717) is 13.0 Å². The molecule has 2 heterocycles. The molecule has 0 spiro atoms. The third-order valence-electron chi connectivity index (χ3n) is 4.62. The highest BCUT2D eigenvalue weighted by Crippen LogP contribution is 2.23. The molecule has 1 unspecified atom stereocenters. The summed E-state index contributed by atoms with van der Waals surface area (Å²) in [7, 11) is 0. The molecule has 1 aliphatic rings. The Hall–Kier alpha value is -2.30. The number of carboxylic acids is 1. The number of amides is 1. The van der Waals surface area contributed by atoms with Gasteiger partial charge in [0.05, 0.1) is 6.42 Å². The first kappa shape index (κ1) is 15.6. The second kappa shape index (κ2) is 6.86. The fraction of sp³-hybridized carbons (Fsp3) is 0.444. The van der Waals surface area contributed by atoms with Gasteiger partial charge in [-0.2, -0.15) is 0 Å². The standard InChI is InChI=1S/C18H22N2O3/c21-17(20-10-4-6-14(20)11-18(22)23)9-3-5-13-12-19-16-8-2-1-7-15(13)16/h1-2,7-8,12,14,19H,3-6,9-11H2,(H,22,23). The van der Waals surface area contributed by atoms with E-state index in [9.17, 15) is 9.59 Å². The maximum atomic E-state index is 12.4. The fourth-order valence-corrected chi connectivity index (χ4v) is 3.49. The number of rotatable bonds is 6. The molecule has 23 heavy (non-hydrogen) atoms. The van der Waals surface area contributed by atoms with Crippen molar-refractivity contribution in [3.05, 3.63) is 36.0 Å². The third-order valence-corrected chi connectivity index (χ3v) is 4.62. The molecule has 1 aromatic heterocycles. The second-order valence-corrected chi connectivity index (χ2v) is 6.19. The van der Waals surface area contributed by atoms with E-state index in [0.717, 1.165) is 31.2 Å². The van der Waals surface area contributed by atoms with Crippen molar-refractivity contribution in [2.75, 3.05) is 6.54 Å². The van der Waals surface area contributed by atoms with Crippen LogP contribution in [0.3, 0.4) is 0 Å². The van der Waals surface area contributed by atoms with Crippen LogP contribution in [-0.2, 0) is 16.0 Å². The lowest BCUT2D eigenvalue weighted by atomic mass is 10.1. The smallest absolute Gasteiger partial charge is 0.305 e. The minimum Gasteiger partial charge on any atom is -0.481 e. The zero-order valence-corrected chi connectivity index (χ0v) is 13.1. The molecule has 2 aromatic rings. The summed E-state index contributed by atoms with van der Waals surface area (Å²) in [4.78, 5) is 28.2. The number of hydrogen-bond donors (Lipinski definition) is 2. The number of carboxylic acid groups (broad SMARTS) is 1. The van der Waals surface area contributed by atoms with Crippen LogP contribution in [0.2, 0.25) is 0 Å². The number of carbonyl (C=O) groups excluding carboxylic acids is 1. The molecule has 0 radical (unpaired) electrons. The molecule has 1 amide bonds. The summed E-state index contributed by atoms with van der Waals surface area (Å²) < 4.78 is 0. The third kappa shape index (κ3) is 3.55.